The predicted molar refractivity (Wildman–Crippen MR) is 154 cm³/mol. The Bertz CT molecular complexity index is 1390. The third-order valence-electron chi connectivity index (χ3n) is 6.60. The van der Waals surface area contributed by atoms with Crippen LogP contribution in [0.25, 0.3) is 5.52 Å². The molecular formula is C28H36BrN5O7. The minimum atomic E-state index is -0.681. The molecule has 12 nitrogen and oxygen atoms in total. The van der Waals surface area contributed by atoms with E-state index in [4.69, 9.17) is 28.7 Å². The van der Waals surface area contributed by atoms with Crippen LogP contribution >= 0.6 is 15.9 Å². The number of carbonyl (C=O) groups excluding carboxylic acids is 2. The Hall–Kier alpha value is -3.58. The summed E-state index contributed by atoms with van der Waals surface area (Å²) >= 11 is 3.59. The maximum atomic E-state index is 13.2. The monoisotopic (exact) mass is 633 g/mol. The molecule has 1 saturated heterocycles. The van der Waals surface area contributed by atoms with Gasteiger partial charge in [-0.05, 0) is 55.3 Å². The molecule has 13 heteroatoms. The first-order chi connectivity index (χ1) is 19.5. The van der Waals surface area contributed by atoms with Crippen molar-refractivity contribution in [1.82, 2.24) is 19.3 Å². The minimum Gasteiger partial charge on any atom is -0.497 e. The number of methoxy groups -OCH3 is 3. The largest absolute Gasteiger partial charge is 0.497 e. The molecule has 2 aromatic heterocycles. The van der Waals surface area contributed by atoms with E-state index in [2.05, 4.69) is 26.2 Å². The van der Waals surface area contributed by atoms with E-state index < -0.39 is 17.8 Å². The molecule has 222 valence electrons. The average Bonchev–Trinajstić information content (AvgIpc) is 3.30. The van der Waals surface area contributed by atoms with Gasteiger partial charge in [-0.1, -0.05) is 0 Å². The van der Waals surface area contributed by atoms with Crippen LogP contribution in [-0.2, 0) is 25.5 Å². The van der Waals surface area contributed by atoms with Gasteiger partial charge in [-0.15, -0.1) is 0 Å². The molecule has 2 unspecified atom stereocenters. The Morgan fingerprint density at radius 3 is 2.66 bits per heavy atom. The molecule has 1 aliphatic heterocycles. The number of imidazole rings is 1. The number of fused-ring (bicyclic) bond motifs is 1. The first-order valence-electron chi connectivity index (χ1n) is 13.2. The van der Waals surface area contributed by atoms with Gasteiger partial charge in [0.25, 0.3) is 0 Å². The Balaban J connectivity index is 1.58. The van der Waals surface area contributed by atoms with Gasteiger partial charge < -0.3 is 29.0 Å². The number of ether oxygens (including phenoxy) is 5. The summed E-state index contributed by atoms with van der Waals surface area (Å²) in [5.41, 5.74) is 0.962. The third-order valence-corrected chi connectivity index (χ3v) is 7.15. The van der Waals surface area contributed by atoms with Crippen LogP contribution in [0.2, 0.25) is 0 Å². The topological polar surface area (TPSA) is 126 Å². The van der Waals surface area contributed by atoms with Gasteiger partial charge in [0.15, 0.2) is 5.82 Å². The van der Waals surface area contributed by atoms with Gasteiger partial charge in [0.05, 0.1) is 40.5 Å². The highest BCUT2D eigenvalue weighted by molar-refractivity contribution is 9.10. The molecule has 4 rings (SSSR count). The molecule has 1 amide bonds. The molecule has 0 bridgehead atoms. The number of anilines is 1. The lowest BCUT2D eigenvalue weighted by Gasteiger charge is -2.39. The van der Waals surface area contributed by atoms with E-state index in [-0.39, 0.29) is 31.6 Å². The lowest BCUT2D eigenvalue weighted by molar-refractivity contribution is -0.141. The molecule has 1 fully saturated rings. The zero-order valence-electron chi connectivity index (χ0n) is 24.1. The van der Waals surface area contributed by atoms with Crippen molar-refractivity contribution in [3.63, 3.8) is 0 Å². The van der Waals surface area contributed by atoms with Gasteiger partial charge in [-0.3, -0.25) is 14.1 Å². The summed E-state index contributed by atoms with van der Waals surface area (Å²) < 4.78 is 30.0. The van der Waals surface area contributed by atoms with Crippen molar-refractivity contribution < 1.29 is 33.3 Å². The number of carbonyl (C=O) groups is 2. The predicted octanol–water partition coefficient (Wildman–Crippen LogP) is 4.75. The number of benzene rings is 1. The number of esters is 1. The van der Waals surface area contributed by atoms with Gasteiger partial charge in [0.2, 0.25) is 0 Å². The van der Waals surface area contributed by atoms with Gasteiger partial charge in [0, 0.05) is 37.0 Å². The second-order valence-corrected chi connectivity index (χ2v) is 11.3. The van der Waals surface area contributed by atoms with E-state index in [1.54, 1.807) is 31.5 Å². The second-order valence-electron chi connectivity index (χ2n) is 10.5. The van der Waals surface area contributed by atoms with Crippen molar-refractivity contribution in [3.05, 3.63) is 46.6 Å². The van der Waals surface area contributed by atoms with E-state index >= 15 is 0 Å². The quantitative estimate of drug-likeness (QED) is 0.330. The number of hydrogen-bond donors (Lipinski definition) is 1. The summed E-state index contributed by atoms with van der Waals surface area (Å²) in [6, 6.07) is 5.27. The summed E-state index contributed by atoms with van der Waals surface area (Å²) in [6.45, 7) is 6.29. The standard InChI is InChI=1S/C28H36BrN5O7/c1-28(2,3)41-27(36)34-15-21(40-16-18(34)8-10-22(35)39-6)26-32-24(29)23-25(30-11-12-33(23)26)31-14-17-7-9-19(37-4)13-20(17)38-5/h7,9,11-13,18,21H,8,10,14-16H2,1-6H3,(H,30,31). The Kier molecular flexibility index (Phi) is 9.59. The van der Waals surface area contributed by atoms with Gasteiger partial charge in [-0.2, -0.15) is 0 Å². The molecule has 0 saturated carbocycles. The fourth-order valence-corrected chi connectivity index (χ4v) is 5.14. The van der Waals surface area contributed by atoms with Crippen LogP contribution in [0.4, 0.5) is 10.6 Å². The zero-order valence-corrected chi connectivity index (χ0v) is 25.7. The van der Waals surface area contributed by atoms with Crippen LogP contribution in [0, 0.1) is 0 Å². The van der Waals surface area contributed by atoms with E-state index in [1.165, 1.54) is 7.11 Å². The van der Waals surface area contributed by atoms with Gasteiger partial charge in [0.1, 0.15) is 39.1 Å². The SMILES string of the molecule is COC(=O)CCC1COC(c2nc(Br)c3c(NCc4ccc(OC)cc4OC)nccn23)CN1C(=O)OC(C)(C)C. The van der Waals surface area contributed by atoms with Crippen LogP contribution in [0.15, 0.2) is 35.2 Å². The number of nitrogens with one attached hydrogen (secondary N) is 1. The molecule has 2 atom stereocenters. The molecule has 1 aromatic carbocycles. The molecular weight excluding hydrogens is 598 g/mol. The van der Waals surface area contributed by atoms with Crippen molar-refractivity contribution >= 4 is 39.3 Å². The van der Waals surface area contributed by atoms with E-state index in [0.717, 1.165) is 11.1 Å². The normalized spacial score (nSPS) is 17.3. The highest BCUT2D eigenvalue weighted by Gasteiger charge is 2.37. The number of hydrogen-bond acceptors (Lipinski definition) is 10. The fourth-order valence-electron chi connectivity index (χ4n) is 4.58. The molecule has 1 aliphatic rings. The second kappa shape index (κ2) is 12.9. The lowest BCUT2D eigenvalue weighted by Crippen LogP contribution is -2.51. The van der Waals surface area contributed by atoms with Crippen LogP contribution in [0.5, 0.6) is 11.5 Å². The average molecular weight is 635 g/mol. The zero-order chi connectivity index (χ0) is 29.7. The Morgan fingerprint density at radius 1 is 1.20 bits per heavy atom. The van der Waals surface area contributed by atoms with E-state index in [1.807, 2.05) is 43.4 Å². The highest BCUT2D eigenvalue weighted by Crippen LogP contribution is 2.33. The maximum absolute atomic E-state index is 13.2. The smallest absolute Gasteiger partial charge is 0.410 e. The van der Waals surface area contributed by atoms with Crippen LogP contribution in [0.3, 0.4) is 0 Å². The molecule has 1 N–H and O–H groups in total. The first kappa shape index (κ1) is 30.4. The molecule has 0 radical (unpaired) electrons. The van der Waals surface area contributed by atoms with E-state index in [0.29, 0.717) is 40.7 Å². The molecule has 0 spiro atoms. The van der Waals surface area contributed by atoms with Crippen molar-refractivity contribution in [2.75, 3.05) is 39.8 Å². The third kappa shape index (κ3) is 7.20. The number of morpholine rings is 1. The first-order valence-corrected chi connectivity index (χ1v) is 14.0. The van der Waals surface area contributed by atoms with E-state index in [9.17, 15) is 9.59 Å². The van der Waals surface area contributed by atoms with Gasteiger partial charge in [-0.25, -0.2) is 14.8 Å². The van der Waals surface area contributed by atoms with Crippen molar-refractivity contribution in [1.29, 1.82) is 0 Å². The highest BCUT2D eigenvalue weighted by atomic mass is 79.9. The molecule has 3 aromatic rings. The number of aromatic nitrogens is 3. The fraction of sp³-hybridized carbons (Fsp3) is 0.500. The van der Waals surface area contributed by atoms with Crippen LogP contribution in [0.1, 0.15) is 51.1 Å². The van der Waals surface area contributed by atoms with Crippen LogP contribution in [-0.4, -0.2) is 77.5 Å². The Labute approximate surface area is 247 Å². The summed E-state index contributed by atoms with van der Waals surface area (Å²) in [5.74, 6) is 2.25. The summed E-state index contributed by atoms with van der Waals surface area (Å²) in [5, 5.41) is 3.37. The summed E-state index contributed by atoms with van der Waals surface area (Å²) in [4.78, 5) is 35.9. The number of amides is 1. The number of rotatable bonds is 9. The van der Waals surface area contributed by atoms with Crippen molar-refractivity contribution in [2.24, 2.45) is 0 Å². The molecule has 41 heavy (non-hydrogen) atoms. The summed E-state index contributed by atoms with van der Waals surface area (Å²) in [6.07, 6.45) is 2.99. The molecule has 3 heterocycles. The van der Waals surface area contributed by atoms with Crippen molar-refractivity contribution in [3.8, 4) is 11.5 Å². The Morgan fingerprint density at radius 2 is 1.98 bits per heavy atom. The number of halogens is 1. The lowest BCUT2D eigenvalue weighted by atomic mass is 10.1. The van der Waals surface area contributed by atoms with Crippen molar-refractivity contribution in [2.45, 2.75) is 57.9 Å². The van der Waals surface area contributed by atoms with Crippen LogP contribution < -0.4 is 14.8 Å². The molecule has 0 aliphatic carbocycles. The summed E-state index contributed by atoms with van der Waals surface area (Å²) in [7, 11) is 4.56. The van der Waals surface area contributed by atoms with Gasteiger partial charge >= 0.3 is 12.1 Å². The number of nitrogens with zero attached hydrogens (tertiary/aromatic N) is 4. The maximum Gasteiger partial charge on any atom is 0.410 e. The minimum absolute atomic E-state index is 0.159.